The predicted octanol–water partition coefficient (Wildman–Crippen LogP) is 2.10. The van der Waals surface area contributed by atoms with Crippen LogP contribution in [-0.2, 0) is 0 Å². The summed E-state index contributed by atoms with van der Waals surface area (Å²) < 4.78 is 5.51. The monoisotopic (exact) mass is 263 g/mol. The molecule has 0 spiro atoms. The summed E-state index contributed by atoms with van der Waals surface area (Å²) in [5, 5.41) is 8.98. The molecule has 0 atom stereocenters. The largest absolute Gasteiger partial charge is 0.494 e. The maximum Gasteiger partial charge on any atom is 0.254 e. The predicted molar refractivity (Wildman–Crippen MR) is 75.4 cm³/mol. The number of hydrogen-bond donors (Lipinski definition) is 1. The molecule has 4 nitrogen and oxygen atoms in total. The number of rotatable bonds is 8. The van der Waals surface area contributed by atoms with Crippen LogP contribution < -0.4 is 4.74 Å². The highest BCUT2D eigenvalue weighted by Crippen LogP contribution is 2.15. The zero-order chi connectivity index (χ0) is 14.1. The summed E-state index contributed by atoms with van der Waals surface area (Å²) in [5.41, 5.74) is 0.559. The minimum Gasteiger partial charge on any atom is -0.494 e. The third-order valence-corrected chi connectivity index (χ3v) is 2.56. The van der Waals surface area contributed by atoms with Crippen molar-refractivity contribution in [1.29, 1.82) is 0 Å². The van der Waals surface area contributed by atoms with E-state index in [9.17, 15) is 4.79 Å². The summed E-state index contributed by atoms with van der Waals surface area (Å²) in [6.45, 7) is 6.92. The second kappa shape index (κ2) is 8.32. The zero-order valence-electron chi connectivity index (χ0n) is 11.3. The van der Waals surface area contributed by atoms with Crippen molar-refractivity contribution in [3.05, 3.63) is 42.5 Å². The molecule has 1 aromatic rings. The first-order chi connectivity index (χ1) is 9.22. The molecule has 0 bridgehead atoms. The molecular formula is C15H21NO3. The first-order valence-corrected chi connectivity index (χ1v) is 6.46. The van der Waals surface area contributed by atoms with Gasteiger partial charge in [-0.05, 0) is 24.6 Å². The molecule has 19 heavy (non-hydrogen) atoms. The Morgan fingerprint density at radius 3 is 2.95 bits per heavy atom. The van der Waals surface area contributed by atoms with Crippen molar-refractivity contribution >= 4 is 5.91 Å². The molecule has 0 aromatic heterocycles. The molecule has 0 aliphatic heterocycles. The van der Waals surface area contributed by atoms with Gasteiger partial charge in [-0.1, -0.05) is 19.1 Å². The Morgan fingerprint density at radius 2 is 2.32 bits per heavy atom. The van der Waals surface area contributed by atoms with Crippen molar-refractivity contribution < 1.29 is 14.6 Å². The molecule has 4 heteroatoms. The molecule has 0 saturated heterocycles. The van der Waals surface area contributed by atoms with Crippen LogP contribution in [-0.4, -0.2) is 42.2 Å². The van der Waals surface area contributed by atoms with E-state index in [1.54, 1.807) is 29.2 Å². The number of nitrogens with zero attached hydrogens (tertiary/aromatic N) is 1. The van der Waals surface area contributed by atoms with E-state index in [0.29, 0.717) is 31.0 Å². The molecule has 1 aromatic carbocycles. The number of ether oxygens (including phenoxy) is 1. The maximum atomic E-state index is 12.3. The summed E-state index contributed by atoms with van der Waals surface area (Å²) in [7, 11) is 0. The number of aliphatic hydroxyl groups excluding tert-OH is 1. The van der Waals surface area contributed by atoms with Crippen LogP contribution in [0.15, 0.2) is 36.9 Å². The van der Waals surface area contributed by atoms with Crippen molar-refractivity contribution in [2.45, 2.75) is 13.3 Å². The topological polar surface area (TPSA) is 49.8 Å². The van der Waals surface area contributed by atoms with E-state index in [2.05, 4.69) is 6.58 Å². The minimum absolute atomic E-state index is 0.0639. The van der Waals surface area contributed by atoms with E-state index < -0.39 is 0 Å². The molecule has 104 valence electrons. The minimum atomic E-state index is -0.129. The first-order valence-electron chi connectivity index (χ1n) is 6.46. The van der Waals surface area contributed by atoms with Gasteiger partial charge >= 0.3 is 0 Å². The van der Waals surface area contributed by atoms with Crippen molar-refractivity contribution in [3.8, 4) is 5.75 Å². The molecule has 1 rings (SSSR count). The summed E-state index contributed by atoms with van der Waals surface area (Å²) >= 11 is 0. The van der Waals surface area contributed by atoms with Gasteiger partial charge in [-0.15, -0.1) is 6.58 Å². The van der Waals surface area contributed by atoms with Crippen LogP contribution in [0.1, 0.15) is 23.7 Å². The van der Waals surface area contributed by atoms with E-state index in [4.69, 9.17) is 9.84 Å². The smallest absolute Gasteiger partial charge is 0.254 e. The Labute approximate surface area is 114 Å². The second-order valence-electron chi connectivity index (χ2n) is 4.14. The van der Waals surface area contributed by atoms with Crippen molar-refractivity contribution in [2.24, 2.45) is 0 Å². The Morgan fingerprint density at radius 1 is 1.53 bits per heavy atom. The van der Waals surface area contributed by atoms with Gasteiger partial charge in [0.15, 0.2) is 0 Å². The van der Waals surface area contributed by atoms with Gasteiger partial charge in [-0.3, -0.25) is 4.79 Å². The molecule has 1 N–H and O–H groups in total. The summed E-state index contributed by atoms with van der Waals surface area (Å²) in [4.78, 5) is 13.8. The van der Waals surface area contributed by atoms with Gasteiger partial charge in [0.05, 0.1) is 13.2 Å². The van der Waals surface area contributed by atoms with E-state index >= 15 is 0 Å². The molecule has 0 aliphatic rings. The highest BCUT2D eigenvalue weighted by Gasteiger charge is 2.14. The third kappa shape index (κ3) is 4.75. The van der Waals surface area contributed by atoms with Crippen LogP contribution in [0.5, 0.6) is 5.75 Å². The Hall–Kier alpha value is -1.81. The summed E-state index contributed by atoms with van der Waals surface area (Å²) in [5.74, 6) is 0.561. The van der Waals surface area contributed by atoms with Gasteiger partial charge in [-0.2, -0.15) is 0 Å². The second-order valence-corrected chi connectivity index (χ2v) is 4.14. The quantitative estimate of drug-likeness (QED) is 0.731. The normalized spacial score (nSPS) is 10.0. The number of carbonyl (C=O) groups excluding carboxylic acids is 1. The average Bonchev–Trinajstić information content (AvgIpc) is 2.44. The fourth-order valence-electron chi connectivity index (χ4n) is 1.67. The molecule has 0 aliphatic carbocycles. The molecule has 0 heterocycles. The first kappa shape index (κ1) is 15.2. The van der Waals surface area contributed by atoms with Gasteiger partial charge < -0.3 is 14.7 Å². The van der Waals surface area contributed by atoms with Crippen LogP contribution in [0.3, 0.4) is 0 Å². The fraction of sp³-hybridized carbons (Fsp3) is 0.400. The zero-order valence-corrected chi connectivity index (χ0v) is 11.3. The maximum absolute atomic E-state index is 12.3. The van der Waals surface area contributed by atoms with E-state index in [1.807, 2.05) is 13.0 Å². The van der Waals surface area contributed by atoms with Gasteiger partial charge in [0, 0.05) is 18.7 Å². The highest BCUT2D eigenvalue weighted by atomic mass is 16.5. The van der Waals surface area contributed by atoms with E-state index in [0.717, 1.165) is 6.42 Å². The lowest BCUT2D eigenvalue weighted by Crippen LogP contribution is -2.33. The Kier molecular flexibility index (Phi) is 6.68. The van der Waals surface area contributed by atoms with Gasteiger partial charge in [0.2, 0.25) is 0 Å². The number of amides is 1. The van der Waals surface area contributed by atoms with Gasteiger partial charge in [-0.25, -0.2) is 0 Å². The Bertz CT molecular complexity index is 418. The van der Waals surface area contributed by atoms with Crippen molar-refractivity contribution in [1.82, 2.24) is 4.90 Å². The third-order valence-electron chi connectivity index (χ3n) is 2.56. The van der Waals surface area contributed by atoms with E-state index in [1.165, 1.54) is 0 Å². The number of benzene rings is 1. The Balaban J connectivity index is 2.81. The molecule has 0 unspecified atom stereocenters. The van der Waals surface area contributed by atoms with Crippen LogP contribution >= 0.6 is 0 Å². The molecule has 0 saturated carbocycles. The highest BCUT2D eigenvalue weighted by molar-refractivity contribution is 5.94. The van der Waals surface area contributed by atoms with Crippen LogP contribution in [0.2, 0.25) is 0 Å². The van der Waals surface area contributed by atoms with Crippen molar-refractivity contribution in [2.75, 3.05) is 26.3 Å². The van der Waals surface area contributed by atoms with Crippen molar-refractivity contribution in [3.63, 3.8) is 0 Å². The molecule has 0 radical (unpaired) electrons. The molecule has 0 fully saturated rings. The summed E-state index contributed by atoms with van der Waals surface area (Å²) in [6.07, 6.45) is 2.57. The fourth-order valence-corrected chi connectivity index (χ4v) is 1.67. The number of aliphatic hydroxyl groups is 1. The number of hydrogen-bond acceptors (Lipinski definition) is 3. The van der Waals surface area contributed by atoms with Gasteiger partial charge in [0.1, 0.15) is 5.75 Å². The van der Waals surface area contributed by atoms with E-state index in [-0.39, 0.29) is 12.5 Å². The lowest BCUT2D eigenvalue weighted by Gasteiger charge is -2.20. The average molecular weight is 263 g/mol. The van der Waals surface area contributed by atoms with Crippen LogP contribution in [0.25, 0.3) is 0 Å². The standard InChI is InChI=1S/C15H21NO3/c1-3-8-16(9-10-17)15(18)13-6-5-7-14(12-13)19-11-4-2/h3,5-7,12,17H,1,4,8-11H2,2H3. The summed E-state index contributed by atoms with van der Waals surface area (Å²) in [6, 6.07) is 7.10. The van der Waals surface area contributed by atoms with Crippen LogP contribution in [0, 0.1) is 0 Å². The van der Waals surface area contributed by atoms with Crippen LogP contribution in [0.4, 0.5) is 0 Å². The molecular weight excluding hydrogens is 242 g/mol. The lowest BCUT2D eigenvalue weighted by molar-refractivity contribution is 0.0742. The van der Waals surface area contributed by atoms with Gasteiger partial charge in [0.25, 0.3) is 5.91 Å². The number of carbonyl (C=O) groups is 1. The lowest BCUT2D eigenvalue weighted by atomic mass is 10.2. The molecule has 1 amide bonds. The SMILES string of the molecule is C=CCN(CCO)C(=O)c1cccc(OCCC)c1.